The third-order valence-corrected chi connectivity index (χ3v) is 4.81. The van der Waals surface area contributed by atoms with Crippen molar-refractivity contribution in [2.75, 3.05) is 6.54 Å². The van der Waals surface area contributed by atoms with Gasteiger partial charge in [0.25, 0.3) is 0 Å². The summed E-state index contributed by atoms with van der Waals surface area (Å²) in [5, 5.41) is 1.05. The van der Waals surface area contributed by atoms with Gasteiger partial charge in [0.1, 0.15) is 11.3 Å². The number of amides is 1. The first-order valence-electron chi connectivity index (χ1n) is 8.81. The van der Waals surface area contributed by atoms with E-state index in [0.717, 1.165) is 36.8 Å². The molecule has 1 atom stereocenters. The van der Waals surface area contributed by atoms with Crippen LogP contribution in [0, 0.1) is 0 Å². The number of carbonyl (C=O) groups is 1. The van der Waals surface area contributed by atoms with E-state index in [1.807, 2.05) is 41.3 Å². The summed E-state index contributed by atoms with van der Waals surface area (Å²) >= 11 is 0. The van der Waals surface area contributed by atoms with E-state index in [1.165, 1.54) is 5.56 Å². The first-order chi connectivity index (χ1) is 12.3. The Labute approximate surface area is 147 Å². The van der Waals surface area contributed by atoms with Gasteiger partial charge in [-0.15, -0.1) is 0 Å². The fraction of sp³-hybridized carbons (Fsp3) is 0.227. The molecule has 1 aliphatic heterocycles. The quantitative estimate of drug-likeness (QED) is 0.650. The molecule has 3 heteroatoms. The first-order valence-corrected chi connectivity index (χ1v) is 8.81. The van der Waals surface area contributed by atoms with Gasteiger partial charge in [-0.05, 0) is 43.0 Å². The number of nitrogens with zero attached hydrogens (tertiary/aromatic N) is 1. The Kier molecular flexibility index (Phi) is 4.38. The van der Waals surface area contributed by atoms with Crippen LogP contribution in [0.3, 0.4) is 0 Å². The second-order valence-electron chi connectivity index (χ2n) is 6.54. The summed E-state index contributed by atoms with van der Waals surface area (Å²) in [5.41, 5.74) is 2.13. The predicted octanol–water partition coefficient (Wildman–Crippen LogP) is 4.68. The SMILES string of the molecule is O=C(/C=C/c1cc2ccccc2o1)N1CCCC1Cc1ccccc1. The van der Waals surface area contributed by atoms with Gasteiger partial charge in [0.2, 0.25) is 5.91 Å². The van der Waals surface area contributed by atoms with Crippen molar-refractivity contribution in [1.29, 1.82) is 0 Å². The van der Waals surface area contributed by atoms with E-state index < -0.39 is 0 Å². The van der Waals surface area contributed by atoms with Crippen LogP contribution in [0.4, 0.5) is 0 Å². The minimum absolute atomic E-state index is 0.0684. The molecule has 3 aromatic rings. The third kappa shape index (κ3) is 3.50. The van der Waals surface area contributed by atoms with Crippen molar-refractivity contribution in [2.45, 2.75) is 25.3 Å². The highest BCUT2D eigenvalue weighted by Gasteiger charge is 2.27. The lowest BCUT2D eigenvalue weighted by molar-refractivity contribution is -0.126. The number of fused-ring (bicyclic) bond motifs is 1. The number of furan rings is 1. The first kappa shape index (κ1) is 15.7. The Balaban J connectivity index is 1.45. The largest absolute Gasteiger partial charge is 0.457 e. The molecule has 0 N–H and O–H groups in total. The summed E-state index contributed by atoms with van der Waals surface area (Å²) in [6.07, 6.45) is 6.48. The van der Waals surface area contributed by atoms with Crippen molar-refractivity contribution in [2.24, 2.45) is 0 Å². The van der Waals surface area contributed by atoms with Crippen molar-refractivity contribution in [1.82, 2.24) is 4.90 Å². The Morgan fingerprint density at radius 1 is 1.12 bits per heavy atom. The van der Waals surface area contributed by atoms with E-state index in [2.05, 4.69) is 24.3 Å². The molecule has 126 valence electrons. The van der Waals surface area contributed by atoms with Crippen LogP contribution >= 0.6 is 0 Å². The summed E-state index contributed by atoms with van der Waals surface area (Å²) in [7, 11) is 0. The highest BCUT2D eigenvalue weighted by Crippen LogP contribution is 2.23. The van der Waals surface area contributed by atoms with Gasteiger partial charge in [0, 0.05) is 24.0 Å². The predicted molar refractivity (Wildman–Crippen MR) is 100 cm³/mol. The Hall–Kier alpha value is -2.81. The Morgan fingerprint density at radius 3 is 2.76 bits per heavy atom. The standard InChI is InChI=1S/C22H21NO2/c24-22(13-12-20-16-18-9-4-5-11-21(18)25-20)23-14-6-10-19(23)15-17-7-2-1-3-8-17/h1-5,7-9,11-13,16,19H,6,10,14-15H2/b13-12+. The Morgan fingerprint density at radius 2 is 1.92 bits per heavy atom. The van der Waals surface area contributed by atoms with Gasteiger partial charge in [-0.1, -0.05) is 48.5 Å². The minimum Gasteiger partial charge on any atom is -0.457 e. The van der Waals surface area contributed by atoms with Crippen LogP contribution in [0.1, 0.15) is 24.2 Å². The van der Waals surface area contributed by atoms with Crippen LogP contribution in [0.2, 0.25) is 0 Å². The van der Waals surface area contributed by atoms with Gasteiger partial charge in [0.05, 0.1) is 0 Å². The second-order valence-corrected chi connectivity index (χ2v) is 6.54. The maximum atomic E-state index is 12.6. The van der Waals surface area contributed by atoms with Crippen molar-refractivity contribution >= 4 is 23.0 Å². The molecular formula is C22H21NO2. The second kappa shape index (κ2) is 6.98. The number of hydrogen-bond acceptors (Lipinski definition) is 2. The third-order valence-electron chi connectivity index (χ3n) is 4.81. The van der Waals surface area contributed by atoms with Gasteiger partial charge in [-0.3, -0.25) is 4.79 Å². The van der Waals surface area contributed by atoms with Gasteiger partial charge in [-0.25, -0.2) is 0 Å². The number of benzene rings is 2. The molecule has 1 saturated heterocycles. The van der Waals surface area contributed by atoms with Crippen molar-refractivity contribution in [3.63, 3.8) is 0 Å². The van der Waals surface area contributed by atoms with Crippen LogP contribution < -0.4 is 0 Å². The van der Waals surface area contributed by atoms with E-state index in [0.29, 0.717) is 5.76 Å². The van der Waals surface area contributed by atoms with E-state index in [1.54, 1.807) is 12.2 Å². The van der Waals surface area contributed by atoms with Crippen LogP contribution in [0.5, 0.6) is 0 Å². The summed E-state index contributed by atoms with van der Waals surface area (Å²) in [4.78, 5) is 14.6. The summed E-state index contributed by atoms with van der Waals surface area (Å²) in [6.45, 7) is 0.834. The fourth-order valence-corrected chi connectivity index (χ4v) is 3.56. The summed E-state index contributed by atoms with van der Waals surface area (Å²) in [5.74, 6) is 0.784. The van der Waals surface area contributed by atoms with Gasteiger partial charge in [0.15, 0.2) is 0 Å². The monoisotopic (exact) mass is 331 g/mol. The van der Waals surface area contributed by atoms with Gasteiger partial charge >= 0.3 is 0 Å². The van der Waals surface area contributed by atoms with Gasteiger partial charge in [-0.2, -0.15) is 0 Å². The average Bonchev–Trinajstić information content (AvgIpc) is 3.27. The average molecular weight is 331 g/mol. The van der Waals surface area contributed by atoms with E-state index >= 15 is 0 Å². The molecule has 1 fully saturated rings. The fourth-order valence-electron chi connectivity index (χ4n) is 3.56. The molecule has 0 bridgehead atoms. The molecule has 0 aliphatic carbocycles. The topological polar surface area (TPSA) is 33.5 Å². The highest BCUT2D eigenvalue weighted by atomic mass is 16.3. The molecule has 4 rings (SSSR count). The van der Waals surface area contributed by atoms with Crippen LogP contribution in [0.15, 0.2) is 71.2 Å². The van der Waals surface area contributed by atoms with E-state index in [-0.39, 0.29) is 11.9 Å². The van der Waals surface area contributed by atoms with Gasteiger partial charge < -0.3 is 9.32 Å². The summed E-state index contributed by atoms with van der Waals surface area (Å²) in [6, 6.07) is 20.5. The lowest BCUT2D eigenvalue weighted by atomic mass is 10.0. The van der Waals surface area contributed by atoms with E-state index in [9.17, 15) is 4.79 Å². The van der Waals surface area contributed by atoms with Crippen LogP contribution in [-0.4, -0.2) is 23.4 Å². The maximum absolute atomic E-state index is 12.6. The number of likely N-dealkylation sites (tertiary alicyclic amines) is 1. The number of carbonyl (C=O) groups excluding carboxylic acids is 1. The molecule has 25 heavy (non-hydrogen) atoms. The smallest absolute Gasteiger partial charge is 0.246 e. The molecule has 1 aliphatic rings. The van der Waals surface area contributed by atoms with Crippen LogP contribution in [0.25, 0.3) is 17.0 Å². The molecular weight excluding hydrogens is 310 g/mol. The molecule has 1 aromatic heterocycles. The molecule has 2 aromatic carbocycles. The lowest BCUT2D eigenvalue weighted by Gasteiger charge is -2.23. The molecule has 0 radical (unpaired) electrons. The highest BCUT2D eigenvalue weighted by molar-refractivity contribution is 5.92. The molecule has 0 saturated carbocycles. The zero-order valence-corrected chi connectivity index (χ0v) is 14.1. The normalized spacial score (nSPS) is 17.6. The molecule has 0 spiro atoms. The van der Waals surface area contributed by atoms with E-state index in [4.69, 9.17) is 4.42 Å². The molecule has 2 heterocycles. The summed E-state index contributed by atoms with van der Waals surface area (Å²) < 4.78 is 5.75. The molecule has 1 amide bonds. The molecule has 3 nitrogen and oxygen atoms in total. The lowest BCUT2D eigenvalue weighted by Crippen LogP contribution is -2.35. The molecule has 1 unspecified atom stereocenters. The van der Waals surface area contributed by atoms with Crippen molar-refractivity contribution in [3.8, 4) is 0 Å². The zero-order valence-electron chi connectivity index (χ0n) is 14.1. The number of hydrogen-bond donors (Lipinski definition) is 0. The Bertz CT molecular complexity index is 862. The zero-order chi connectivity index (χ0) is 17.1. The number of para-hydroxylation sites is 1. The minimum atomic E-state index is 0.0684. The number of rotatable bonds is 4. The van der Waals surface area contributed by atoms with Crippen LogP contribution in [-0.2, 0) is 11.2 Å². The maximum Gasteiger partial charge on any atom is 0.246 e. The van der Waals surface area contributed by atoms with Crippen molar-refractivity contribution in [3.05, 3.63) is 78.1 Å². The van der Waals surface area contributed by atoms with Crippen molar-refractivity contribution < 1.29 is 9.21 Å².